The topological polar surface area (TPSA) is 99.1 Å². The summed E-state index contributed by atoms with van der Waals surface area (Å²) in [6, 6.07) is 9.15. The van der Waals surface area contributed by atoms with Crippen LogP contribution in [0.5, 0.6) is 0 Å². The van der Waals surface area contributed by atoms with Crippen LogP contribution in [0.4, 0.5) is 11.4 Å². The molecule has 0 unspecified atom stereocenters. The monoisotopic (exact) mass is 535 g/mol. The number of rotatable bonds is 10. The Kier molecular flexibility index (Phi) is 9.15. The van der Waals surface area contributed by atoms with Crippen LogP contribution in [0.15, 0.2) is 47.1 Å². The van der Waals surface area contributed by atoms with Gasteiger partial charge in [0.1, 0.15) is 10.6 Å². The molecule has 7 nitrogen and oxygen atoms in total. The number of carboxylic acids is 1. The first-order valence-corrected chi connectivity index (χ1v) is 14.4. The summed E-state index contributed by atoms with van der Waals surface area (Å²) < 4.78 is 0. The number of amides is 2. The van der Waals surface area contributed by atoms with Crippen LogP contribution < -0.4 is 10.2 Å². The fraction of sp³-hybridized carbons (Fsp3) is 0.467. The molecule has 8 heteroatoms. The second-order valence-electron chi connectivity index (χ2n) is 10.4. The number of carbonyl (C=O) groups excluding carboxylic acids is 2. The van der Waals surface area contributed by atoms with E-state index in [2.05, 4.69) is 17.2 Å². The number of anilines is 2. The molecule has 4 rings (SSSR count). The molecule has 2 saturated carbocycles. The molecule has 2 aliphatic carbocycles. The van der Waals surface area contributed by atoms with Crippen LogP contribution in [-0.2, 0) is 9.59 Å². The fourth-order valence-electron chi connectivity index (χ4n) is 4.84. The van der Waals surface area contributed by atoms with Gasteiger partial charge in [-0.25, -0.2) is 4.79 Å². The van der Waals surface area contributed by atoms with E-state index in [0.717, 1.165) is 55.4 Å². The first-order valence-electron chi connectivity index (χ1n) is 13.6. The molecule has 1 heterocycles. The third-order valence-electron chi connectivity index (χ3n) is 7.31. The second-order valence-corrected chi connectivity index (χ2v) is 11.5. The minimum atomic E-state index is -1.02. The molecule has 0 saturated heterocycles. The Bertz CT molecular complexity index is 1220. The smallest absolute Gasteiger partial charge is 0.348 e. The quantitative estimate of drug-likeness (QED) is 0.253. The molecule has 2 fully saturated rings. The van der Waals surface area contributed by atoms with E-state index in [9.17, 15) is 19.5 Å². The van der Waals surface area contributed by atoms with E-state index in [4.69, 9.17) is 0 Å². The number of carboxylic acid groups (broad SMARTS) is 1. The molecule has 202 valence electrons. The highest BCUT2D eigenvalue weighted by molar-refractivity contribution is 7.18. The number of aromatic carboxylic acids is 1. The SMILES string of the molecule is C/C=C(\N=CCC)C(=O)Nc1ccc(-c2cc(N(CC3CC3)C(=O)C3CCC(C)CC3)c(C(=O)O)s2)cc1. The summed E-state index contributed by atoms with van der Waals surface area (Å²) in [6.45, 7) is 6.54. The number of thiophene rings is 1. The van der Waals surface area contributed by atoms with Gasteiger partial charge in [0.15, 0.2) is 0 Å². The van der Waals surface area contributed by atoms with E-state index in [0.29, 0.717) is 35.5 Å². The summed E-state index contributed by atoms with van der Waals surface area (Å²) in [6.07, 6.45) is 10.1. The maximum Gasteiger partial charge on any atom is 0.348 e. The Morgan fingerprint density at radius 1 is 1.11 bits per heavy atom. The lowest BCUT2D eigenvalue weighted by Crippen LogP contribution is -2.39. The fourth-order valence-corrected chi connectivity index (χ4v) is 5.84. The summed E-state index contributed by atoms with van der Waals surface area (Å²) in [5.74, 6) is -0.195. The lowest BCUT2D eigenvalue weighted by atomic mass is 9.82. The van der Waals surface area contributed by atoms with Crippen molar-refractivity contribution >= 4 is 46.7 Å². The summed E-state index contributed by atoms with van der Waals surface area (Å²) >= 11 is 1.19. The van der Waals surface area contributed by atoms with E-state index in [-0.39, 0.29) is 22.6 Å². The maximum absolute atomic E-state index is 13.7. The molecule has 2 amide bonds. The number of aliphatic imine (C=N–C) groups is 1. The number of hydrogen-bond donors (Lipinski definition) is 2. The van der Waals surface area contributed by atoms with Crippen molar-refractivity contribution in [1.29, 1.82) is 0 Å². The van der Waals surface area contributed by atoms with Crippen molar-refractivity contribution < 1.29 is 19.5 Å². The molecule has 0 atom stereocenters. The van der Waals surface area contributed by atoms with Gasteiger partial charge in [0.05, 0.1) is 5.69 Å². The van der Waals surface area contributed by atoms with Crippen molar-refractivity contribution in [3.8, 4) is 10.4 Å². The highest BCUT2D eigenvalue weighted by Gasteiger charge is 2.35. The van der Waals surface area contributed by atoms with Gasteiger partial charge in [-0.2, -0.15) is 0 Å². The molecular weight excluding hydrogens is 498 g/mol. The average Bonchev–Trinajstić information content (AvgIpc) is 3.63. The number of allylic oxidation sites excluding steroid dienone is 1. The molecule has 0 bridgehead atoms. The van der Waals surface area contributed by atoms with E-state index >= 15 is 0 Å². The number of hydrogen-bond acceptors (Lipinski definition) is 5. The summed E-state index contributed by atoms with van der Waals surface area (Å²) in [7, 11) is 0. The minimum absolute atomic E-state index is 0.0402. The van der Waals surface area contributed by atoms with Crippen molar-refractivity contribution in [2.75, 3.05) is 16.8 Å². The van der Waals surface area contributed by atoms with Crippen LogP contribution >= 0.6 is 11.3 Å². The molecule has 38 heavy (non-hydrogen) atoms. The predicted octanol–water partition coefficient (Wildman–Crippen LogP) is 7.01. The van der Waals surface area contributed by atoms with Gasteiger partial charge in [-0.1, -0.05) is 32.1 Å². The Labute approximate surface area is 228 Å². The zero-order valence-corrected chi connectivity index (χ0v) is 23.2. The van der Waals surface area contributed by atoms with Crippen LogP contribution in [0.25, 0.3) is 10.4 Å². The first kappa shape index (κ1) is 27.8. The zero-order chi connectivity index (χ0) is 27.2. The minimum Gasteiger partial charge on any atom is -0.477 e. The normalized spacial score (nSPS) is 19.9. The van der Waals surface area contributed by atoms with Crippen molar-refractivity contribution in [2.45, 2.75) is 65.7 Å². The van der Waals surface area contributed by atoms with Crippen molar-refractivity contribution in [3.05, 3.63) is 47.0 Å². The van der Waals surface area contributed by atoms with Crippen LogP contribution in [0.1, 0.15) is 75.4 Å². The largest absolute Gasteiger partial charge is 0.477 e. The van der Waals surface area contributed by atoms with Crippen LogP contribution in [0.2, 0.25) is 0 Å². The maximum atomic E-state index is 13.7. The van der Waals surface area contributed by atoms with Crippen LogP contribution in [-0.4, -0.2) is 35.6 Å². The van der Waals surface area contributed by atoms with Gasteiger partial charge in [-0.15, -0.1) is 11.3 Å². The Morgan fingerprint density at radius 3 is 2.37 bits per heavy atom. The average molecular weight is 536 g/mol. The number of nitrogens with one attached hydrogen (secondary N) is 1. The molecule has 2 aromatic rings. The standard InChI is InChI=1S/C30H37N3O4S/c1-4-16-31-24(5-2)28(34)32-23-14-12-21(13-15-23)26-17-25(27(38-26)30(36)37)33(18-20-8-9-20)29(35)22-10-6-19(3)7-11-22/h5,12-17,19-20,22H,4,6-11,18H2,1-3H3,(H,32,34)(H,36,37)/b24-5-,31-16?. The van der Waals surface area contributed by atoms with Gasteiger partial charge < -0.3 is 15.3 Å². The van der Waals surface area contributed by atoms with Gasteiger partial charge in [0.25, 0.3) is 5.91 Å². The number of nitrogens with zero attached hydrogens (tertiary/aromatic N) is 2. The second kappa shape index (κ2) is 12.5. The molecular formula is C30H37N3O4S. The Hall–Kier alpha value is -3.26. The van der Waals surface area contributed by atoms with E-state index in [1.165, 1.54) is 11.3 Å². The summed E-state index contributed by atoms with van der Waals surface area (Å²) in [4.78, 5) is 45.4. The predicted molar refractivity (Wildman–Crippen MR) is 154 cm³/mol. The van der Waals surface area contributed by atoms with E-state index in [1.807, 2.05) is 25.1 Å². The third kappa shape index (κ3) is 6.78. The molecule has 1 aromatic heterocycles. The van der Waals surface area contributed by atoms with Crippen molar-refractivity contribution in [1.82, 2.24) is 0 Å². The zero-order valence-electron chi connectivity index (χ0n) is 22.4. The molecule has 2 N–H and O–H groups in total. The number of carbonyl (C=O) groups is 3. The van der Waals surface area contributed by atoms with Gasteiger partial charge in [0, 0.05) is 29.2 Å². The highest BCUT2D eigenvalue weighted by atomic mass is 32.1. The van der Waals surface area contributed by atoms with Gasteiger partial charge >= 0.3 is 5.97 Å². The van der Waals surface area contributed by atoms with Gasteiger partial charge in [-0.3, -0.25) is 14.6 Å². The summed E-state index contributed by atoms with van der Waals surface area (Å²) in [5.41, 5.74) is 2.31. The Balaban J connectivity index is 1.57. The van der Waals surface area contributed by atoms with Gasteiger partial charge in [-0.05, 0) is 87.5 Å². The van der Waals surface area contributed by atoms with E-state index < -0.39 is 5.97 Å². The van der Waals surface area contributed by atoms with Crippen LogP contribution in [0.3, 0.4) is 0 Å². The van der Waals surface area contributed by atoms with Crippen molar-refractivity contribution in [2.24, 2.45) is 22.7 Å². The third-order valence-corrected chi connectivity index (χ3v) is 8.47. The van der Waals surface area contributed by atoms with Crippen molar-refractivity contribution in [3.63, 3.8) is 0 Å². The first-order chi connectivity index (χ1) is 18.3. The molecule has 0 aliphatic heterocycles. The molecule has 1 aromatic carbocycles. The Morgan fingerprint density at radius 2 is 1.79 bits per heavy atom. The molecule has 0 spiro atoms. The lowest BCUT2D eigenvalue weighted by Gasteiger charge is -2.31. The lowest BCUT2D eigenvalue weighted by molar-refractivity contribution is -0.123. The van der Waals surface area contributed by atoms with Gasteiger partial charge in [0.2, 0.25) is 5.91 Å². The van der Waals surface area contributed by atoms with E-state index in [1.54, 1.807) is 36.2 Å². The highest BCUT2D eigenvalue weighted by Crippen LogP contribution is 2.41. The number of benzene rings is 1. The summed E-state index contributed by atoms with van der Waals surface area (Å²) in [5, 5.41) is 12.9. The van der Waals surface area contributed by atoms with Crippen LogP contribution in [0, 0.1) is 17.8 Å². The molecule has 0 radical (unpaired) electrons. The molecule has 2 aliphatic rings.